The quantitative estimate of drug-likeness (QED) is 0.561. The largest absolute Gasteiger partial charge is 0.463 e. The molecule has 0 spiro atoms. The molecule has 2 rings (SSSR count). The highest BCUT2D eigenvalue weighted by atomic mass is 19.1. The molecule has 1 aliphatic carbocycles. The summed E-state index contributed by atoms with van der Waals surface area (Å²) in [6.45, 7) is 3.73. The molecule has 1 aliphatic heterocycles. The van der Waals surface area contributed by atoms with Crippen molar-refractivity contribution in [1.82, 2.24) is 0 Å². The Morgan fingerprint density at radius 3 is 3.11 bits per heavy atom. The molecule has 0 N–H and O–H groups in total. The van der Waals surface area contributed by atoms with Gasteiger partial charge in [0.15, 0.2) is 0 Å². The van der Waals surface area contributed by atoms with Crippen molar-refractivity contribution < 1.29 is 18.8 Å². The van der Waals surface area contributed by atoms with Crippen molar-refractivity contribution >= 4 is 11.7 Å². The fourth-order valence-corrected chi connectivity index (χ4v) is 2.80. The fraction of sp³-hybridized carbons (Fsp3) is 0.846. The number of alkyl halides is 1. The lowest BCUT2D eigenvalue weighted by atomic mass is 9.83. The highest BCUT2D eigenvalue weighted by Crippen LogP contribution is 2.46. The highest BCUT2D eigenvalue weighted by Gasteiger charge is 2.59. The Balaban J connectivity index is 2.05. The number of carbonyl (C=O) groups is 1. The number of carbonyl (C=O) groups excluding carboxylic acids is 1. The number of halogens is 1. The van der Waals surface area contributed by atoms with Crippen molar-refractivity contribution in [2.45, 2.75) is 45.1 Å². The van der Waals surface area contributed by atoms with Crippen molar-refractivity contribution in [3.05, 3.63) is 0 Å². The van der Waals surface area contributed by atoms with Crippen LogP contribution in [0.15, 0.2) is 5.16 Å². The van der Waals surface area contributed by atoms with Gasteiger partial charge in [0.2, 0.25) is 5.60 Å². The number of hydrogen-bond acceptors (Lipinski definition) is 4. The van der Waals surface area contributed by atoms with Crippen LogP contribution in [0.2, 0.25) is 0 Å². The Kier molecular flexibility index (Phi) is 3.88. The third-order valence-electron chi connectivity index (χ3n) is 3.72. The van der Waals surface area contributed by atoms with E-state index in [0.29, 0.717) is 6.42 Å². The predicted molar refractivity (Wildman–Crippen MR) is 65.0 cm³/mol. The minimum atomic E-state index is -0.921. The molecule has 102 valence electrons. The van der Waals surface area contributed by atoms with Crippen LogP contribution in [0.5, 0.6) is 0 Å². The lowest BCUT2D eigenvalue weighted by molar-refractivity contribution is -0.172. The van der Waals surface area contributed by atoms with Crippen LogP contribution in [0.3, 0.4) is 0 Å². The Morgan fingerprint density at radius 1 is 1.67 bits per heavy atom. The van der Waals surface area contributed by atoms with Gasteiger partial charge < -0.3 is 9.57 Å². The average Bonchev–Trinajstić information content (AvgIpc) is 2.86. The Hall–Kier alpha value is -1.13. The number of oxime groups is 1. The predicted octanol–water partition coefficient (Wildman–Crippen LogP) is 2.47. The molecule has 0 aromatic carbocycles. The van der Waals surface area contributed by atoms with Crippen LogP contribution < -0.4 is 0 Å². The molecule has 2 unspecified atom stereocenters. The van der Waals surface area contributed by atoms with Gasteiger partial charge in [-0.25, -0.2) is 4.79 Å². The first-order valence-corrected chi connectivity index (χ1v) is 6.61. The lowest BCUT2D eigenvalue weighted by Gasteiger charge is -2.25. The van der Waals surface area contributed by atoms with Crippen molar-refractivity contribution in [1.29, 1.82) is 0 Å². The molecule has 0 bridgehead atoms. The number of esters is 1. The number of rotatable bonds is 5. The summed E-state index contributed by atoms with van der Waals surface area (Å²) in [5.41, 5.74) is 0.0329. The monoisotopic (exact) mass is 257 g/mol. The van der Waals surface area contributed by atoms with Gasteiger partial charge in [-0.2, -0.15) is 0 Å². The third kappa shape index (κ3) is 2.10. The van der Waals surface area contributed by atoms with Gasteiger partial charge in [0.05, 0.1) is 24.9 Å². The first-order valence-electron chi connectivity index (χ1n) is 6.61. The Bertz CT molecular complexity index is 356. The van der Waals surface area contributed by atoms with E-state index in [2.05, 4.69) is 5.16 Å². The summed E-state index contributed by atoms with van der Waals surface area (Å²) < 4.78 is 17.1. The van der Waals surface area contributed by atoms with E-state index in [1.165, 1.54) is 0 Å². The molecule has 0 radical (unpaired) electrons. The molecule has 0 aromatic heterocycles. The number of fused-ring (bicyclic) bond motifs is 1. The summed E-state index contributed by atoms with van der Waals surface area (Å²) >= 11 is 0. The van der Waals surface area contributed by atoms with Crippen LogP contribution in [0.4, 0.5) is 4.39 Å². The van der Waals surface area contributed by atoms with Crippen molar-refractivity contribution in [2.75, 3.05) is 13.3 Å². The third-order valence-corrected chi connectivity index (χ3v) is 3.72. The van der Waals surface area contributed by atoms with Crippen LogP contribution in [0, 0.1) is 11.8 Å². The molecule has 0 aromatic rings. The molecule has 4 nitrogen and oxygen atoms in total. The van der Waals surface area contributed by atoms with Crippen molar-refractivity contribution in [2.24, 2.45) is 17.0 Å². The van der Waals surface area contributed by atoms with Crippen LogP contribution in [0.1, 0.15) is 39.5 Å². The molecule has 18 heavy (non-hydrogen) atoms. The number of nitrogens with zero attached hydrogens (tertiary/aromatic N) is 1. The minimum Gasteiger partial charge on any atom is -0.463 e. The van der Waals surface area contributed by atoms with Gasteiger partial charge in [-0.1, -0.05) is 19.0 Å². The summed E-state index contributed by atoms with van der Waals surface area (Å²) in [4.78, 5) is 17.6. The summed E-state index contributed by atoms with van der Waals surface area (Å²) in [6.07, 6.45) is 2.74. The number of hydrogen-bond donors (Lipinski definition) is 0. The van der Waals surface area contributed by atoms with Crippen LogP contribution in [-0.2, 0) is 14.4 Å². The zero-order valence-corrected chi connectivity index (χ0v) is 10.9. The second-order valence-electron chi connectivity index (χ2n) is 5.27. The second kappa shape index (κ2) is 5.24. The first kappa shape index (κ1) is 13.3. The summed E-state index contributed by atoms with van der Waals surface area (Å²) in [7, 11) is 0. The zero-order chi connectivity index (χ0) is 13.2. The lowest BCUT2D eigenvalue weighted by Crippen LogP contribution is -2.44. The van der Waals surface area contributed by atoms with E-state index in [1.54, 1.807) is 0 Å². The second-order valence-corrected chi connectivity index (χ2v) is 5.27. The molecule has 5 heteroatoms. The molecular weight excluding hydrogens is 237 g/mol. The normalized spacial score (nSPS) is 30.0. The van der Waals surface area contributed by atoms with E-state index in [4.69, 9.17) is 9.57 Å². The smallest absolute Gasteiger partial charge is 0.354 e. The van der Waals surface area contributed by atoms with Gasteiger partial charge >= 0.3 is 5.97 Å². The minimum absolute atomic E-state index is 0.0374. The maximum atomic E-state index is 12.1. The molecule has 0 amide bonds. The van der Waals surface area contributed by atoms with Crippen LogP contribution >= 0.6 is 0 Å². The average molecular weight is 257 g/mol. The molecular formula is C13H20FNO3. The van der Waals surface area contributed by atoms with Gasteiger partial charge in [-0.3, -0.25) is 4.39 Å². The molecule has 1 fully saturated rings. The summed E-state index contributed by atoms with van der Waals surface area (Å²) in [5.74, 6) is -0.0677. The zero-order valence-electron chi connectivity index (χ0n) is 10.9. The summed E-state index contributed by atoms with van der Waals surface area (Å²) in [5, 5.41) is 4.08. The van der Waals surface area contributed by atoms with E-state index >= 15 is 0 Å². The van der Waals surface area contributed by atoms with Crippen LogP contribution in [-0.4, -0.2) is 30.6 Å². The fourth-order valence-electron chi connectivity index (χ4n) is 2.80. The van der Waals surface area contributed by atoms with Gasteiger partial charge in [0.1, 0.15) is 0 Å². The standard InChI is InChI=1S/C13H20FNO3/c1-9(2)11-10-5-3-6-13(10,18-15-11)12(16)17-8-4-7-14/h9-10H,3-8H2,1-2H3. The molecule has 2 aliphatic rings. The van der Waals surface area contributed by atoms with Crippen molar-refractivity contribution in [3.8, 4) is 0 Å². The summed E-state index contributed by atoms with van der Waals surface area (Å²) in [6, 6.07) is 0. The van der Waals surface area contributed by atoms with E-state index in [1.807, 2.05) is 13.8 Å². The van der Waals surface area contributed by atoms with Gasteiger partial charge in [0, 0.05) is 12.8 Å². The van der Waals surface area contributed by atoms with Gasteiger partial charge in [-0.05, 0) is 18.8 Å². The van der Waals surface area contributed by atoms with E-state index in [-0.39, 0.29) is 30.8 Å². The first-order chi connectivity index (χ1) is 8.62. The molecule has 0 saturated heterocycles. The maximum absolute atomic E-state index is 12.1. The maximum Gasteiger partial charge on any atom is 0.354 e. The van der Waals surface area contributed by atoms with Gasteiger partial charge in [0.25, 0.3) is 0 Å². The van der Waals surface area contributed by atoms with Crippen molar-refractivity contribution in [3.63, 3.8) is 0 Å². The Morgan fingerprint density at radius 2 is 2.44 bits per heavy atom. The van der Waals surface area contributed by atoms with Crippen LogP contribution in [0.25, 0.3) is 0 Å². The van der Waals surface area contributed by atoms with E-state index in [0.717, 1.165) is 18.6 Å². The highest BCUT2D eigenvalue weighted by molar-refractivity contribution is 5.97. The Labute approximate surface area is 107 Å². The van der Waals surface area contributed by atoms with E-state index in [9.17, 15) is 9.18 Å². The van der Waals surface area contributed by atoms with E-state index < -0.39 is 12.3 Å². The topological polar surface area (TPSA) is 47.9 Å². The number of ether oxygens (including phenoxy) is 1. The molecule has 2 atom stereocenters. The van der Waals surface area contributed by atoms with Gasteiger partial charge in [-0.15, -0.1) is 0 Å². The molecule has 1 heterocycles. The SMILES string of the molecule is CC(C)C1=NOC2(C(=O)OCCCF)CCCC12. The molecule has 1 saturated carbocycles.